The van der Waals surface area contributed by atoms with Gasteiger partial charge in [-0.15, -0.1) is 0 Å². The predicted octanol–water partition coefficient (Wildman–Crippen LogP) is 0.422. The fraction of sp³-hybridized carbons (Fsp3) is 0.906. The fourth-order valence-corrected chi connectivity index (χ4v) is 12.3. The van der Waals surface area contributed by atoms with Gasteiger partial charge in [0.15, 0.2) is 12.1 Å². The van der Waals surface area contributed by atoms with Crippen molar-refractivity contribution in [1.29, 1.82) is 0 Å². The summed E-state index contributed by atoms with van der Waals surface area (Å²) in [5, 5.41) is 77.9. The summed E-state index contributed by atoms with van der Waals surface area (Å²) in [7, 11) is 0. The molecule has 2 spiro atoms. The van der Waals surface area contributed by atoms with Gasteiger partial charge in [0.25, 0.3) is 0 Å². The summed E-state index contributed by atoms with van der Waals surface area (Å²) in [4.78, 5) is 12.8. The van der Waals surface area contributed by atoms with Gasteiger partial charge in [0.1, 0.15) is 30.0 Å². The zero-order valence-electron chi connectivity index (χ0n) is 25.2. The van der Waals surface area contributed by atoms with E-state index in [9.17, 15) is 40.5 Å². The molecular weight excluding hydrogens is 544 g/mol. The highest BCUT2D eigenvalue weighted by molar-refractivity contribution is 5.86. The monoisotopic (exact) mass is 592 g/mol. The molecule has 0 amide bonds. The van der Waals surface area contributed by atoms with E-state index in [-0.39, 0.29) is 36.4 Å². The van der Waals surface area contributed by atoms with Gasteiger partial charge in [-0.1, -0.05) is 46.3 Å². The van der Waals surface area contributed by atoms with Crippen LogP contribution in [0.2, 0.25) is 0 Å². The molecule has 7 aliphatic rings. The lowest BCUT2D eigenvalue weighted by Crippen LogP contribution is -2.63. The van der Waals surface area contributed by atoms with E-state index < -0.39 is 81.9 Å². The molecule has 1 heterocycles. The molecule has 16 atom stereocenters. The lowest BCUT2D eigenvalue weighted by Gasteiger charge is -2.61. The topological polar surface area (TPSA) is 177 Å². The number of carbonyl (C=O) groups is 1. The first-order valence-corrected chi connectivity index (χ1v) is 15.8. The first-order chi connectivity index (χ1) is 19.5. The average molecular weight is 593 g/mol. The Kier molecular flexibility index (Phi) is 6.12. The summed E-state index contributed by atoms with van der Waals surface area (Å²) in [5.74, 6) is -1.16. The third-order valence-electron chi connectivity index (χ3n) is 14.3. The number of ether oxygens (including phenoxy) is 2. The molecule has 0 radical (unpaired) electrons. The number of aliphatic hydroxyl groups excluding tert-OH is 6. The van der Waals surface area contributed by atoms with Crippen LogP contribution in [-0.2, 0) is 14.3 Å². The molecule has 236 valence electrons. The SMILES string of the molecule is C[C@@H]1CC(=O)[C@H](O)[C@]2(O)[C@H]1[C@@]1(C)C[C@H](O)[C@@]34C[C@@]35CC[C@H](O[C@@H]3OC[C@@H](O)[C@H](O)[C@H]3O)C(C)(C)[C@@H]5CC=C4[C@]1(C)[C@H]2O. The lowest BCUT2D eigenvalue weighted by molar-refractivity contribution is -0.301. The molecule has 6 aliphatic carbocycles. The van der Waals surface area contributed by atoms with Crippen LogP contribution >= 0.6 is 0 Å². The van der Waals surface area contributed by atoms with Crippen LogP contribution in [0.25, 0.3) is 0 Å². The second kappa shape index (κ2) is 8.65. The van der Waals surface area contributed by atoms with Gasteiger partial charge in [0.05, 0.1) is 24.9 Å². The van der Waals surface area contributed by atoms with E-state index in [2.05, 4.69) is 19.9 Å². The van der Waals surface area contributed by atoms with Crippen molar-refractivity contribution < 1.29 is 50.0 Å². The molecule has 0 aromatic carbocycles. The lowest BCUT2D eigenvalue weighted by atomic mass is 9.44. The van der Waals surface area contributed by atoms with E-state index >= 15 is 0 Å². The van der Waals surface area contributed by atoms with Gasteiger partial charge in [-0.25, -0.2) is 0 Å². The molecule has 7 N–H and O–H groups in total. The zero-order chi connectivity index (χ0) is 30.6. The van der Waals surface area contributed by atoms with Crippen LogP contribution in [0.15, 0.2) is 11.6 Å². The number of hydrogen-bond acceptors (Lipinski definition) is 10. The second-order valence-corrected chi connectivity index (χ2v) is 16.1. The van der Waals surface area contributed by atoms with Crippen LogP contribution < -0.4 is 0 Å². The molecule has 5 saturated carbocycles. The first-order valence-electron chi connectivity index (χ1n) is 15.8. The third-order valence-corrected chi connectivity index (χ3v) is 14.3. The van der Waals surface area contributed by atoms with Gasteiger partial charge in [-0.05, 0) is 60.2 Å². The molecule has 0 aromatic heterocycles. The molecule has 1 aliphatic heterocycles. The Labute approximate surface area is 246 Å². The van der Waals surface area contributed by atoms with Crippen LogP contribution in [0.4, 0.5) is 0 Å². The fourth-order valence-electron chi connectivity index (χ4n) is 12.3. The van der Waals surface area contributed by atoms with Crippen molar-refractivity contribution >= 4 is 5.78 Å². The molecule has 0 unspecified atom stereocenters. The van der Waals surface area contributed by atoms with Gasteiger partial charge in [0.2, 0.25) is 0 Å². The van der Waals surface area contributed by atoms with E-state index in [1.807, 2.05) is 20.8 Å². The number of aliphatic hydroxyl groups is 7. The van der Waals surface area contributed by atoms with Crippen LogP contribution in [-0.4, -0.2) is 103 Å². The van der Waals surface area contributed by atoms with Crippen LogP contribution in [0.1, 0.15) is 73.1 Å². The quantitative estimate of drug-likeness (QED) is 0.223. The zero-order valence-corrected chi connectivity index (χ0v) is 25.2. The first kappa shape index (κ1) is 29.7. The highest BCUT2D eigenvalue weighted by Gasteiger charge is 2.87. The minimum atomic E-state index is -1.99. The average Bonchev–Trinajstić information content (AvgIpc) is 3.58. The van der Waals surface area contributed by atoms with Crippen molar-refractivity contribution in [3.05, 3.63) is 11.6 Å². The predicted molar refractivity (Wildman–Crippen MR) is 147 cm³/mol. The van der Waals surface area contributed by atoms with Crippen molar-refractivity contribution in [3.63, 3.8) is 0 Å². The Morgan fingerprint density at radius 1 is 1.02 bits per heavy atom. The summed E-state index contributed by atoms with van der Waals surface area (Å²) in [6, 6.07) is 0. The minimum Gasteiger partial charge on any atom is -0.392 e. The van der Waals surface area contributed by atoms with Crippen molar-refractivity contribution in [3.8, 4) is 0 Å². The Hall–Kier alpha value is -0.950. The molecule has 7 rings (SSSR count). The Bertz CT molecular complexity index is 1220. The number of Topliss-reactive ketones (excluding diaryl/α,β-unsaturated/α-hetero) is 1. The van der Waals surface area contributed by atoms with E-state index in [1.165, 1.54) is 0 Å². The van der Waals surface area contributed by atoms with Gasteiger partial charge < -0.3 is 45.2 Å². The van der Waals surface area contributed by atoms with E-state index in [1.54, 1.807) is 0 Å². The molecule has 10 nitrogen and oxygen atoms in total. The molecular formula is C32H48O10. The number of ketones is 1. The van der Waals surface area contributed by atoms with Crippen LogP contribution in [0.3, 0.4) is 0 Å². The van der Waals surface area contributed by atoms with Crippen molar-refractivity contribution in [2.45, 2.75) is 128 Å². The van der Waals surface area contributed by atoms with Gasteiger partial charge in [-0.2, -0.15) is 0 Å². The summed E-state index contributed by atoms with van der Waals surface area (Å²) in [5.41, 5.74) is -3.95. The van der Waals surface area contributed by atoms with E-state index in [0.717, 1.165) is 18.4 Å². The Morgan fingerprint density at radius 2 is 1.71 bits per heavy atom. The number of rotatable bonds is 2. The van der Waals surface area contributed by atoms with Crippen molar-refractivity contribution in [2.75, 3.05) is 6.61 Å². The van der Waals surface area contributed by atoms with Crippen LogP contribution in [0.5, 0.6) is 0 Å². The highest BCUT2D eigenvalue weighted by Crippen LogP contribution is 2.88. The standard InChI is InChI=1S/C32H48O10/c1-14-10-15(33)24(38)32(40)23(14)28(4)11-19(35)31-13-30(31)9-8-20(42-25-22(37)21(36)16(34)12-41-25)27(2,3)17(30)6-7-18(31)29(28,5)26(32)39/h7,14,16-17,19-26,34-40H,6,8-13H2,1-5H3/t14-,16-,17+,19+,20+,21+,22-,23-,24+,25+,26-,28-,29-,30-,31+,32-/m1/s1. The summed E-state index contributed by atoms with van der Waals surface area (Å²) in [6.07, 6.45) is -3.55. The molecule has 0 aromatic rings. The van der Waals surface area contributed by atoms with E-state index in [0.29, 0.717) is 19.3 Å². The van der Waals surface area contributed by atoms with Crippen LogP contribution in [0, 0.1) is 44.8 Å². The molecule has 42 heavy (non-hydrogen) atoms. The van der Waals surface area contributed by atoms with Gasteiger partial charge >= 0.3 is 0 Å². The normalized spacial score (nSPS) is 61.3. The number of fused-ring (bicyclic) bond motifs is 4. The molecule has 6 fully saturated rings. The minimum absolute atomic E-state index is 0.112. The maximum absolute atomic E-state index is 12.8. The van der Waals surface area contributed by atoms with Gasteiger partial charge in [-0.3, -0.25) is 4.79 Å². The van der Waals surface area contributed by atoms with Gasteiger partial charge in [0, 0.05) is 23.2 Å². The summed E-state index contributed by atoms with van der Waals surface area (Å²) >= 11 is 0. The maximum atomic E-state index is 12.8. The third kappa shape index (κ3) is 3.05. The Morgan fingerprint density at radius 3 is 2.40 bits per heavy atom. The summed E-state index contributed by atoms with van der Waals surface area (Å²) < 4.78 is 11.9. The summed E-state index contributed by atoms with van der Waals surface area (Å²) in [6.45, 7) is 10.1. The van der Waals surface area contributed by atoms with Crippen molar-refractivity contribution in [1.82, 2.24) is 0 Å². The number of allylic oxidation sites excluding steroid dienone is 1. The smallest absolute Gasteiger partial charge is 0.186 e. The Balaban J connectivity index is 1.25. The van der Waals surface area contributed by atoms with Crippen molar-refractivity contribution in [2.24, 2.45) is 44.8 Å². The highest BCUT2D eigenvalue weighted by atomic mass is 16.7. The molecule has 0 bridgehead atoms. The van der Waals surface area contributed by atoms with E-state index in [4.69, 9.17) is 9.47 Å². The number of carbonyl (C=O) groups excluding carboxylic acids is 1. The number of hydrogen-bond donors (Lipinski definition) is 7. The second-order valence-electron chi connectivity index (χ2n) is 16.1. The molecule has 10 heteroatoms. The molecule has 1 saturated heterocycles. The largest absolute Gasteiger partial charge is 0.392 e. The maximum Gasteiger partial charge on any atom is 0.186 e.